The van der Waals surface area contributed by atoms with E-state index in [4.69, 9.17) is 4.98 Å². The zero-order valence-electron chi connectivity index (χ0n) is 16.0. The van der Waals surface area contributed by atoms with Gasteiger partial charge in [-0.25, -0.2) is 0 Å². The number of hydrogen-bond acceptors (Lipinski definition) is 8. The fourth-order valence-electron chi connectivity index (χ4n) is 3.35. The summed E-state index contributed by atoms with van der Waals surface area (Å²) in [7, 11) is 0. The Labute approximate surface area is 177 Å². The second-order valence-corrected chi connectivity index (χ2v) is 7.71. The highest BCUT2D eigenvalue weighted by atomic mass is 32.1. The number of fused-ring (bicyclic) bond motifs is 2. The first-order chi connectivity index (χ1) is 14.5. The van der Waals surface area contributed by atoms with E-state index < -0.39 is 18.0 Å². The van der Waals surface area contributed by atoms with E-state index >= 15 is 0 Å². The molecule has 1 unspecified atom stereocenters. The Morgan fingerprint density at radius 2 is 1.90 bits per heavy atom. The van der Waals surface area contributed by atoms with Gasteiger partial charge in [0.2, 0.25) is 0 Å². The number of hydrogen-bond donors (Lipinski definition) is 2. The Morgan fingerprint density at radius 3 is 2.57 bits per heavy atom. The number of aliphatic hydroxyl groups excluding tert-OH is 1. The lowest BCUT2D eigenvalue weighted by Crippen LogP contribution is -2.23. The van der Waals surface area contributed by atoms with E-state index in [1.807, 2.05) is 18.2 Å². The molecule has 0 radical (unpaired) electrons. The largest absolute Gasteiger partial charge is 0.545 e. The summed E-state index contributed by atoms with van der Waals surface area (Å²) in [5.41, 5.74) is 4.11. The zero-order valence-corrected chi connectivity index (χ0v) is 16.9. The number of aryl methyl sites for hydroxylation is 1. The van der Waals surface area contributed by atoms with Crippen LogP contribution in [0.1, 0.15) is 35.1 Å². The molecule has 0 saturated carbocycles. The summed E-state index contributed by atoms with van der Waals surface area (Å²) < 4.78 is 0. The van der Waals surface area contributed by atoms with Crippen LogP contribution in [0.4, 0.5) is 5.69 Å². The molecule has 0 fully saturated rings. The van der Waals surface area contributed by atoms with E-state index in [0.717, 1.165) is 53.7 Å². The van der Waals surface area contributed by atoms with Crippen LogP contribution >= 0.6 is 11.3 Å². The smallest absolute Gasteiger partial charge is 0.0828 e. The molecule has 1 aliphatic carbocycles. The molecule has 1 aliphatic rings. The number of aliphatic carboxylic acids is 2. The number of pyridine rings is 1. The van der Waals surface area contributed by atoms with Gasteiger partial charge in [-0.15, -0.1) is 11.3 Å². The van der Waals surface area contributed by atoms with Gasteiger partial charge in [-0.1, -0.05) is 24.3 Å². The fourth-order valence-corrected chi connectivity index (χ4v) is 3.99. The van der Waals surface area contributed by atoms with Crippen molar-refractivity contribution < 1.29 is 24.9 Å². The number of carboxylic acids is 2. The molecule has 2 N–H and O–H groups in total. The Morgan fingerprint density at radius 1 is 1.17 bits per heavy atom. The molecule has 8 heteroatoms. The Balaban J connectivity index is 0.000000275. The summed E-state index contributed by atoms with van der Waals surface area (Å²) in [6.07, 6.45) is 3.13. The fraction of sp³-hybridized carbons (Fsp3) is 0.227. The van der Waals surface area contributed by atoms with Gasteiger partial charge in [-0.3, -0.25) is 4.98 Å². The van der Waals surface area contributed by atoms with E-state index in [0.29, 0.717) is 12.2 Å². The van der Waals surface area contributed by atoms with Gasteiger partial charge in [0.1, 0.15) is 0 Å². The minimum absolute atomic E-state index is 0.384. The van der Waals surface area contributed by atoms with Crippen LogP contribution < -0.4 is 15.5 Å². The highest BCUT2D eigenvalue weighted by Crippen LogP contribution is 2.38. The number of carbonyl (C=O) groups is 2. The van der Waals surface area contributed by atoms with Gasteiger partial charge < -0.3 is 30.2 Å². The summed E-state index contributed by atoms with van der Waals surface area (Å²) in [6, 6.07) is 12.4. The Bertz CT molecular complexity index is 1050. The Kier molecular flexibility index (Phi) is 7.16. The van der Waals surface area contributed by atoms with Crippen molar-refractivity contribution in [1.29, 1.82) is 0 Å². The molecule has 4 rings (SSSR count). The zero-order chi connectivity index (χ0) is 21.5. The van der Waals surface area contributed by atoms with Crippen LogP contribution in [0.15, 0.2) is 53.9 Å². The van der Waals surface area contributed by atoms with Crippen molar-refractivity contribution in [2.75, 3.05) is 5.32 Å². The van der Waals surface area contributed by atoms with Gasteiger partial charge in [0, 0.05) is 28.1 Å². The summed E-state index contributed by atoms with van der Waals surface area (Å²) >= 11 is 1.75. The number of para-hydroxylation sites is 1. The van der Waals surface area contributed by atoms with Crippen LogP contribution in [-0.2, 0) is 22.6 Å². The van der Waals surface area contributed by atoms with Crippen molar-refractivity contribution in [2.24, 2.45) is 0 Å². The van der Waals surface area contributed by atoms with Crippen molar-refractivity contribution in [2.45, 2.75) is 31.9 Å². The van der Waals surface area contributed by atoms with E-state index in [-0.39, 0.29) is 0 Å². The summed E-state index contributed by atoms with van der Waals surface area (Å²) in [6.45, 7) is 0.783. The van der Waals surface area contributed by atoms with Crippen molar-refractivity contribution >= 4 is 39.9 Å². The van der Waals surface area contributed by atoms with Crippen LogP contribution in [-0.4, -0.2) is 22.0 Å². The van der Waals surface area contributed by atoms with Gasteiger partial charge in [0.05, 0.1) is 29.2 Å². The molecule has 0 amide bonds. The summed E-state index contributed by atoms with van der Waals surface area (Å²) in [5.74, 6) is -3.09. The third-order valence-electron chi connectivity index (χ3n) is 4.61. The van der Waals surface area contributed by atoms with Gasteiger partial charge in [-0.05, 0) is 48.9 Å². The highest BCUT2D eigenvalue weighted by molar-refractivity contribution is 7.09. The molecule has 156 valence electrons. The first-order valence-corrected chi connectivity index (χ1v) is 10.3. The number of benzene rings is 1. The number of thiophene rings is 1. The molecule has 7 nitrogen and oxygen atoms in total. The molecule has 0 aliphatic heterocycles. The molecule has 2 heterocycles. The maximum absolute atomic E-state index is 10.5. The standard InChI is InChI=1S/C18H18N2OS.C4H4O4/c21-16-9-3-8-15-17(16)18(19-11-12-5-4-10-22-12)13-6-1-2-7-14(13)20-15;5-3(6)1-2-4(7)8/h1-2,4-7,10,16,21H,3,8-9,11H2,(H,19,20);1-2H,(H,5,6)(H,7,8)/p-2/b;2-1+. The van der Waals surface area contributed by atoms with Crippen molar-refractivity contribution in [3.63, 3.8) is 0 Å². The molecular formula is C22H20N2O5S-2. The number of carbonyl (C=O) groups excluding carboxylic acids is 2. The second kappa shape index (κ2) is 10.00. The molecule has 0 saturated heterocycles. The Hall–Kier alpha value is -3.23. The maximum Gasteiger partial charge on any atom is 0.0828 e. The van der Waals surface area contributed by atoms with Crippen LogP contribution in [0.5, 0.6) is 0 Å². The molecule has 2 aromatic heterocycles. The lowest BCUT2D eigenvalue weighted by atomic mass is 9.90. The molecule has 1 atom stereocenters. The summed E-state index contributed by atoms with van der Waals surface area (Å²) in [4.78, 5) is 24.9. The molecule has 30 heavy (non-hydrogen) atoms. The summed E-state index contributed by atoms with van der Waals surface area (Å²) in [5, 5.41) is 36.1. The molecular weight excluding hydrogens is 404 g/mol. The highest BCUT2D eigenvalue weighted by Gasteiger charge is 2.24. The topological polar surface area (TPSA) is 125 Å². The predicted octanol–water partition coefficient (Wildman–Crippen LogP) is 1.32. The number of carboxylic acid groups (broad SMARTS) is 2. The number of aromatic nitrogens is 1. The number of aliphatic hydroxyl groups is 1. The monoisotopic (exact) mass is 424 g/mol. The number of anilines is 1. The molecule has 1 aromatic carbocycles. The van der Waals surface area contributed by atoms with Gasteiger partial charge in [0.25, 0.3) is 0 Å². The number of nitrogens with zero attached hydrogens (tertiary/aromatic N) is 1. The maximum atomic E-state index is 10.5. The van der Waals surface area contributed by atoms with Crippen LogP contribution in [0.3, 0.4) is 0 Å². The minimum atomic E-state index is -1.55. The first kappa shape index (κ1) is 21.5. The van der Waals surface area contributed by atoms with Crippen molar-refractivity contribution in [3.8, 4) is 0 Å². The molecule has 3 aromatic rings. The van der Waals surface area contributed by atoms with E-state index in [1.54, 1.807) is 11.3 Å². The van der Waals surface area contributed by atoms with Crippen LogP contribution in [0.2, 0.25) is 0 Å². The van der Waals surface area contributed by atoms with Crippen molar-refractivity contribution in [1.82, 2.24) is 4.98 Å². The van der Waals surface area contributed by atoms with Crippen LogP contribution in [0, 0.1) is 0 Å². The quantitative estimate of drug-likeness (QED) is 0.592. The SMILES string of the molecule is O=C([O-])/C=C/C(=O)[O-].OC1CCCc2nc3ccccc3c(NCc3cccs3)c21. The number of nitrogens with one attached hydrogen (secondary N) is 1. The van der Waals surface area contributed by atoms with Crippen LogP contribution in [0.25, 0.3) is 10.9 Å². The number of rotatable bonds is 5. The third kappa shape index (κ3) is 5.43. The van der Waals surface area contributed by atoms with Gasteiger partial charge in [-0.2, -0.15) is 0 Å². The lowest BCUT2D eigenvalue weighted by molar-refractivity contribution is -0.301. The van der Waals surface area contributed by atoms with E-state index in [2.05, 4.69) is 28.9 Å². The third-order valence-corrected chi connectivity index (χ3v) is 5.48. The average Bonchev–Trinajstić information content (AvgIpc) is 3.24. The second-order valence-electron chi connectivity index (χ2n) is 6.68. The average molecular weight is 424 g/mol. The van der Waals surface area contributed by atoms with E-state index in [9.17, 15) is 24.9 Å². The molecule has 0 spiro atoms. The first-order valence-electron chi connectivity index (χ1n) is 9.41. The predicted molar refractivity (Wildman–Crippen MR) is 110 cm³/mol. The van der Waals surface area contributed by atoms with E-state index in [1.165, 1.54) is 4.88 Å². The van der Waals surface area contributed by atoms with Gasteiger partial charge in [0.15, 0.2) is 0 Å². The lowest BCUT2D eigenvalue weighted by Gasteiger charge is -2.25. The van der Waals surface area contributed by atoms with Gasteiger partial charge >= 0.3 is 0 Å². The minimum Gasteiger partial charge on any atom is -0.545 e. The van der Waals surface area contributed by atoms with Crippen molar-refractivity contribution in [3.05, 3.63) is 70.1 Å². The normalized spacial score (nSPS) is 15.3. The molecule has 0 bridgehead atoms.